The van der Waals surface area contributed by atoms with Crippen molar-refractivity contribution in [3.8, 4) is 0 Å². The molecule has 0 saturated carbocycles. The lowest BCUT2D eigenvalue weighted by molar-refractivity contribution is 1.34. The summed E-state index contributed by atoms with van der Waals surface area (Å²) in [7, 11) is 1.55. The van der Waals surface area contributed by atoms with Crippen LogP contribution in [0.5, 0.6) is 0 Å². The van der Waals surface area contributed by atoms with Crippen LogP contribution in [0.4, 0.5) is 5.69 Å². The molecule has 6 heteroatoms. The van der Waals surface area contributed by atoms with Crippen LogP contribution in [0.1, 0.15) is 0 Å². The molecule has 0 aliphatic rings. The first-order valence-electron chi connectivity index (χ1n) is 4.21. The van der Waals surface area contributed by atoms with E-state index in [1.54, 1.807) is 7.05 Å². The molecule has 1 aromatic rings. The van der Waals surface area contributed by atoms with E-state index in [0.29, 0.717) is 0 Å². The minimum absolute atomic E-state index is 0.136. The summed E-state index contributed by atoms with van der Waals surface area (Å²) >= 11 is 3.33. The summed E-state index contributed by atoms with van der Waals surface area (Å²) in [6, 6.07) is 7.53. The van der Waals surface area contributed by atoms with E-state index in [1.165, 1.54) is 0 Å². The molecule has 0 unspecified atom stereocenters. The Morgan fingerprint density at radius 1 is 1.27 bits per heavy atom. The summed E-state index contributed by atoms with van der Waals surface area (Å²) in [5.41, 5.74) is 11.8. The van der Waals surface area contributed by atoms with E-state index in [-0.39, 0.29) is 11.9 Å². The molecule has 0 radical (unpaired) electrons. The molecule has 80 valence electrons. The Morgan fingerprint density at radius 3 is 2.40 bits per heavy atom. The van der Waals surface area contributed by atoms with Gasteiger partial charge in [0.1, 0.15) is 0 Å². The van der Waals surface area contributed by atoms with E-state index in [1.807, 2.05) is 24.3 Å². The van der Waals surface area contributed by atoms with Gasteiger partial charge in [0.15, 0.2) is 0 Å². The maximum absolute atomic E-state index is 5.59. The molecule has 0 bridgehead atoms. The number of hydrogen-bond acceptors (Lipinski definition) is 1. The lowest BCUT2D eigenvalue weighted by Crippen LogP contribution is -2.26. The van der Waals surface area contributed by atoms with E-state index < -0.39 is 0 Å². The fourth-order valence-electron chi connectivity index (χ4n) is 0.882. The van der Waals surface area contributed by atoms with Crippen molar-refractivity contribution in [3.05, 3.63) is 28.7 Å². The van der Waals surface area contributed by atoms with Crippen LogP contribution in [0.25, 0.3) is 0 Å². The Bertz CT molecular complexity index is 382. The number of nitrogens with one attached hydrogen (secondary N) is 1. The van der Waals surface area contributed by atoms with Crippen molar-refractivity contribution in [2.75, 3.05) is 12.4 Å². The topological polar surface area (TPSA) is 88.8 Å². The minimum Gasteiger partial charge on any atom is -0.369 e. The maximum Gasteiger partial charge on any atom is 0.218 e. The van der Waals surface area contributed by atoms with E-state index in [4.69, 9.17) is 11.5 Å². The molecule has 0 amide bonds. The number of aliphatic imine (C=N–C) groups is 2. The first kappa shape index (κ1) is 11.5. The predicted octanol–water partition coefficient (Wildman–Crippen LogP) is 1.12. The van der Waals surface area contributed by atoms with E-state index >= 15 is 0 Å². The van der Waals surface area contributed by atoms with Gasteiger partial charge in [-0.15, -0.1) is 0 Å². The lowest BCUT2D eigenvalue weighted by atomic mass is 10.3. The minimum atomic E-state index is 0.136. The second-order valence-electron chi connectivity index (χ2n) is 2.71. The van der Waals surface area contributed by atoms with Gasteiger partial charge in [0.2, 0.25) is 11.9 Å². The summed E-state index contributed by atoms with van der Waals surface area (Å²) in [5, 5.41) is 2.88. The van der Waals surface area contributed by atoms with Gasteiger partial charge >= 0.3 is 0 Å². The highest BCUT2D eigenvalue weighted by atomic mass is 79.9. The molecule has 0 spiro atoms. The molecule has 0 fully saturated rings. The number of anilines is 1. The van der Waals surface area contributed by atoms with Crippen LogP contribution < -0.4 is 16.8 Å². The zero-order chi connectivity index (χ0) is 11.3. The Morgan fingerprint density at radius 2 is 1.87 bits per heavy atom. The van der Waals surface area contributed by atoms with Crippen molar-refractivity contribution in [2.45, 2.75) is 0 Å². The van der Waals surface area contributed by atoms with Crippen LogP contribution in [-0.2, 0) is 0 Å². The van der Waals surface area contributed by atoms with E-state index in [0.717, 1.165) is 10.2 Å². The molecule has 0 heterocycles. The highest BCUT2D eigenvalue weighted by molar-refractivity contribution is 9.10. The Kier molecular flexibility index (Phi) is 4.11. The van der Waals surface area contributed by atoms with Gasteiger partial charge in [-0.1, -0.05) is 15.9 Å². The fourth-order valence-corrected chi connectivity index (χ4v) is 1.15. The highest BCUT2D eigenvalue weighted by Crippen LogP contribution is 2.13. The van der Waals surface area contributed by atoms with Crippen molar-refractivity contribution in [3.63, 3.8) is 0 Å². The van der Waals surface area contributed by atoms with Crippen LogP contribution in [0.2, 0.25) is 0 Å². The van der Waals surface area contributed by atoms with Gasteiger partial charge in [0.05, 0.1) is 0 Å². The SMILES string of the molecule is CN=C(N)/N=C(\N)Nc1ccc(Br)cc1. The van der Waals surface area contributed by atoms with Gasteiger partial charge in [-0.05, 0) is 24.3 Å². The van der Waals surface area contributed by atoms with Crippen LogP contribution in [0, 0.1) is 0 Å². The van der Waals surface area contributed by atoms with Gasteiger partial charge in [-0.3, -0.25) is 4.99 Å². The molecule has 15 heavy (non-hydrogen) atoms. The van der Waals surface area contributed by atoms with Crippen LogP contribution in [-0.4, -0.2) is 19.0 Å². The number of benzene rings is 1. The van der Waals surface area contributed by atoms with Crippen LogP contribution >= 0.6 is 15.9 Å². The van der Waals surface area contributed by atoms with Gasteiger partial charge in [0, 0.05) is 17.2 Å². The van der Waals surface area contributed by atoms with Crippen molar-refractivity contribution < 1.29 is 0 Å². The zero-order valence-electron chi connectivity index (χ0n) is 8.24. The third-order valence-corrected chi connectivity index (χ3v) is 2.11. The van der Waals surface area contributed by atoms with Gasteiger partial charge < -0.3 is 16.8 Å². The number of guanidine groups is 2. The molecular formula is C9H12BrN5. The number of hydrogen-bond donors (Lipinski definition) is 3. The van der Waals surface area contributed by atoms with Gasteiger partial charge in [0.25, 0.3) is 0 Å². The quantitative estimate of drug-likeness (QED) is 0.527. The Balaban J connectivity index is 2.70. The van der Waals surface area contributed by atoms with Crippen LogP contribution in [0.3, 0.4) is 0 Å². The van der Waals surface area contributed by atoms with Crippen molar-refractivity contribution in [1.29, 1.82) is 0 Å². The molecule has 1 aromatic carbocycles. The molecular weight excluding hydrogens is 258 g/mol. The van der Waals surface area contributed by atoms with Crippen LogP contribution in [0.15, 0.2) is 38.7 Å². The van der Waals surface area contributed by atoms with E-state index in [2.05, 4.69) is 31.2 Å². The average Bonchev–Trinajstić information content (AvgIpc) is 2.21. The van der Waals surface area contributed by atoms with Gasteiger partial charge in [-0.2, -0.15) is 4.99 Å². The van der Waals surface area contributed by atoms with Gasteiger partial charge in [-0.25, -0.2) is 0 Å². The molecule has 0 aromatic heterocycles. The van der Waals surface area contributed by atoms with Crippen molar-refractivity contribution in [2.24, 2.45) is 21.5 Å². The number of halogens is 1. The fraction of sp³-hybridized carbons (Fsp3) is 0.111. The third-order valence-electron chi connectivity index (χ3n) is 1.58. The molecule has 5 nitrogen and oxygen atoms in total. The smallest absolute Gasteiger partial charge is 0.218 e. The monoisotopic (exact) mass is 269 g/mol. The summed E-state index contributed by atoms with van der Waals surface area (Å²) in [6.45, 7) is 0. The average molecular weight is 270 g/mol. The summed E-state index contributed by atoms with van der Waals surface area (Å²) in [6.07, 6.45) is 0. The number of rotatable bonds is 1. The van der Waals surface area contributed by atoms with E-state index in [9.17, 15) is 0 Å². The Labute approximate surface area is 96.4 Å². The molecule has 1 rings (SSSR count). The standard InChI is InChI=1S/C9H12BrN5/c1-13-8(11)15-9(12)14-7-4-2-6(10)3-5-7/h2-5H,1H3,(H5,11,12,13,14,15). The van der Waals surface area contributed by atoms with Crippen molar-refractivity contribution >= 4 is 33.5 Å². The summed E-state index contributed by atoms with van der Waals surface area (Å²) in [5.74, 6) is 0.345. The zero-order valence-corrected chi connectivity index (χ0v) is 9.82. The third kappa shape index (κ3) is 3.99. The number of nitrogens with zero attached hydrogens (tertiary/aromatic N) is 2. The Hall–Kier alpha value is -1.56. The molecule has 0 aliphatic heterocycles. The molecule has 0 aliphatic carbocycles. The largest absolute Gasteiger partial charge is 0.369 e. The molecule has 0 atom stereocenters. The lowest BCUT2D eigenvalue weighted by Gasteiger charge is -2.04. The number of nitrogens with two attached hydrogens (primary N) is 2. The predicted molar refractivity (Wildman–Crippen MR) is 66.9 cm³/mol. The first-order valence-corrected chi connectivity index (χ1v) is 5.00. The summed E-state index contributed by atoms with van der Waals surface area (Å²) in [4.78, 5) is 7.48. The normalized spacial score (nSPS) is 12.7. The second-order valence-corrected chi connectivity index (χ2v) is 3.63. The molecule has 0 saturated heterocycles. The highest BCUT2D eigenvalue weighted by Gasteiger charge is 1.95. The molecule has 5 N–H and O–H groups in total. The maximum atomic E-state index is 5.59. The van der Waals surface area contributed by atoms with Crippen molar-refractivity contribution in [1.82, 2.24) is 0 Å². The second kappa shape index (κ2) is 5.35. The first-order chi connectivity index (χ1) is 7.11. The summed E-state index contributed by atoms with van der Waals surface area (Å²) < 4.78 is 0.998.